The van der Waals surface area contributed by atoms with Crippen molar-refractivity contribution in [2.75, 3.05) is 0 Å². The summed E-state index contributed by atoms with van der Waals surface area (Å²) in [6.07, 6.45) is 0. The molecule has 0 fully saturated rings. The van der Waals surface area contributed by atoms with E-state index in [4.69, 9.17) is 28.9 Å². The maximum atomic E-state index is 11.5. The number of amides is 1. The number of aromatic nitrogens is 1. The molecule has 3 nitrogen and oxygen atoms in total. The van der Waals surface area contributed by atoms with Gasteiger partial charge in [0.2, 0.25) is 0 Å². The van der Waals surface area contributed by atoms with Crippen LogP contribution in [0.2, 0.25) is 10.0 Å². The number of nitrogens with two attached hydrogens (primary N) is 1. The molecule has 2 aromatic carbocycles. The standard InChI is InChI=1S/C16H12Cl2N2O/c1-8-12-6-11(18)7-13(9-2-4-10(17)5-3-9)15(12)20-14(8)16(19)21/h2-7,20H,1H3,(H2,19,21). The van der Waals surface area contributed by atoms with Gasteiger partial charge in [-0.2, -0.15) is 0 Å². The fraction of sp³-hybridized carbons (Fsp3) is 0.0625. The molecule has 0 radical (unpaired) electrons. The quantitative estimate of drug-likeness (QED) is 0.715. The van der Waals surface area contributed by atoms with E-state index in [0.29, 0.717) is 15.7 Å². The minimum Gasteiger partial charge on any atom is -0.364 e. The number of nitrogens with one attached hydrogen (secondary N) is 1. The number of fused-ring (bicyclic) bond motifs is 1. The van der Waals surface area contributed by atoms with Crippen molar-refractivity contribution in [3.05, 3.63) is 57.7 Å². The van der Waals surface area contributed by atoms with E-state index in [2.05, 4.69) is 4.98 Å². The van der Waals surface area contributed by atoms with Crippen LogP contribution in [0.4, 0.5) is 0 Å². The molecular weight excluding hydrogens is 307 g/mol. The molecule has 106 valence electrons. The summed E-state index contributed by atoms with van der Waals surface area (Å²) in [5.41, 5.74) is 9.32. The Morgan fingerprint density at radius 2 is 1.76 bits per heavy atom. The third-order valence-corrected chi connectivity index (χ3v) is 4.00. The highest BCUT2D eigenvalue weighted by Crippen LogP contribution is 2.34. The Kier molecular flexibility index (Phi) is 3.40. The lowest BCUT2D eigenvalue weighted by Gasteiger charge is -2.05. The van der Waals surface area contributed by atoms with E-state index in [1.807, 2.05) is 43.3 Å². The number of hydrogen-bond donors (Lipinski definition) is 2. The number of carbonyl (C=O) groups excluding carboxylic acids is 1. The smallest absolute Gasteiger partial charge is 0.265 e. The summed E-state index contributed by atoms with van der Waals surface area (Å²) in [6.45, 7) is 1.85. The number of benzene rings is 2. The van der Waals surface area contributed by atoms with Crippen molar-refractivity contribution in [2.24, 2.45) is 5.73 Å². The predicted octanol–water partition coefficient (Wildman–Crippen LogP) is 4.55. The number of primary amides is 1. The fourth-order valence-electron chi connectivity index (χ4n) is 2.49. The molecule has 1 aromatic heterocycles. The Bertz CT molecular complexity index is 851. The highest BCUT2D eigenvalue weighted by Gasteiger charge is 2.16. The maximum absolute atomic E-state index is 11.5. The molecule has 21 heavy (non-hydrogen) atoms. The van der Waals surface area contributed by atoms with Gasteiger partial charge >= 0.3 is 0 Å². The van der Waals surface area contributed by atoms with E-state index in [1.165, 1.54) is 0 Å². The van der Waals surface area contributed by atoms with Gasteiger partial charge in [-0.3, -0.25) is 4.79 Å². The van der Waals surface area contributed by atoms with Gasteiger partial charge in [0.25, 0.3) is 5.91 Å². The molecule has 1 amide bonds. The van der Waals surface area contributed by atoms with Crippen LogP contribution in [0.3, 0.4) is 0 Å². The van der Waals surface area contributed by atoms with Crippen molar-refractivity contribution in [3.8, 4) is 11.1 Å². The van der Waals surface area contributed by atoms with Gasteiger partial charge in [0.15, 0.2) is 0 Å². The lowest BCUT2D eigenvalue weighted by molar-refractivity contribution is 0.0996. The molecule has 0 saturated heterocycles. The van der Waals surface area contributed by atoms with Gasteiger partial charge in [0.1, 0.15) is 5.69 Å². The van der Waals surface area contributed by atoms with Crippen molar-refractivity contribution in [1.29, 1.82) is 0 Å². The number of aromatic amines is 1. The summed E-state index contributed by atoms with van der Waals surface area (Å²) in [5.74, 6) is -0.484. The van der Waals surface area contributed by atoms with Gasteiger partial charge < -0.3 is 10.7 Å². The highest BCUT2D eigenvalue weighted by atomic mass is 35.5. The van der Waals surface area contributed by atoms with E-state index in [0.717, 1.165) is 27.6 Å². The number of aryl methyl sites for hydroxylation is 1. The second-order valence-corrected chi connectivity index (χ2v) is 5.74. The van der Waals surface area contributed by atoms with E-state index in [9.17, 15) is 4.79 Å². The lowest BCUT2D eigenvalue weighted by atomic mass is 10.0. The largest absolute Gasteiger partial charge is 0.364 e. The topological polar surface area (TPSA) is 58.9 Å². The summed E-state index contributed by atoms with van der Waals surface area (Å²) < 4.78 is 0. The summed E-state index contributed by atoms with van der Waals surface area (Å²) in [6, 6.07) is 11.1. The van der Waals surface area contributed by atoms with Crippen LogP contribution >= 0.6 is 23.2 Å². The SMILES string of the molecule is Cc1c(C(N)=O)[nH]c2c(-c3ccc(Cl)cc3)cc(Cl)cc12. The summed E-state index contributed by atoms with van der Waals surface area (Å²) in [7, 11) is 0. The van der Waals surface area contributed by atoms with Crippen LogP contribution in [0.25, 0.3) is 22.0 Å². The third-order valence-electron chi connectivity index (χ3n) is 3.53. The summed E-state index contributed by atoms with van der Waals surface area (Å²) in [4.78, 5) is 14.6. The van der Waals surface area contributed by atoms with Crippen LogP contribution < -0.4 is 5.73 Å². The minimum absolute atomic E-state index is 0.405. The third kappa shape index (κ3) is 2.39. The van der Waals surface area contributed by atoms with Crippen LogP contribution in [0.5, 0.6) is 0 Å². The number of H-pyrrole nitrogens is 1. The van der Waals surface area contributed by atoms with Crippen LogP contribution in [-0.2, 0) is 0 Å². The Morgan fingerprint density at radius 1 is 1.10 bits per heavy atom. The zero-order valence-corrected chi connectivity index (χ0v) is 12.7. The second-order valence-electron chi connectivity index (χ2n) is 4.87. The molecule has 1 heterocycles. The summed E-state index contributed by atoms with van der Waals surface area (Å²) >= 11 is 12.1. The first-order valence-corrected chi connectivity index (χ1v) is 7.10. The second kappa shape index (κ2) is 5.10. The van der Waals surface area contributed by atoms with Gasteiger partial charge in [0, 0.05) is 21.0 Å². The van der Waals surface area contributed by atoms with E-state index in [-0.39, 0.29) is 0 Å². The molecule has 0 spiro atoms. The summed E-state index contributed by atoms with van der Waals surface area (Å²) in [5, 5.41) is 2.16. The zero-order chi connectivity index (χ0) is 15.1. The molecule has 3 aromatic rings. The molecule has 0 aliphatic rings. The van der Waals surface area contributed by atoms with E-state index in [1.54, 1.807) is 0 Å². The molecule has 0 aliphatic heterocycles. The van der Waals surface area contributed by atoms with Crippen LogP contribution in [0.1, 0.15) is 16.1 Å². The Hall–Kier alpha value is -1.97. The minimum atomic E-state index is -0.484. The molecule has 5 heteroatoms. The van der Waals surface area contributed by atoms with Crippen LogP contribution in [0, 0.1) is 6.92 Å². The Morgan fingerprint density at radius 3 is 2.38 bits per heavy atom. The van der Waals surface area contributed by atoms with Gasteiger partial charge in [-0.15, -0.1) is 0 Å². The average Bonchev–Trinajstić information content (AvgIpc) is 2.77. The predicted molar refractivity (Wildman–Crippen MR) is 87.0 cm³/mol. The number of halogens is 2. The van der Waals surface area contributed by atoms with Crippen molar-refractivity contribution in [1.82, 2.24) is 4.98 Å². The van der Waals surface area contributed by atoms with Gasteiger partial charge in [0.05, 0.1) is 5.52 Å². The number of hydrogen-bond acceptors (Lipinski definition) is 1. The molecule has 3 rings (SSSR count). The number of carbonyl (C=O) groups is 1. The van der Waals surface area contributed by atoms with Gasteiger partial charge in [-0.25, -0.2) is 0 Å². The van der Waals surface area contributed by atoms with Crippen LogP contribution in [-0.4, -0.2) is 10.9 Å². The molecule has 0 unspecified atom stereocenters. The molecule has 0 atom stereocenters. The number of rotatable bonds is 2. The average molecular weight is 319 g/mol. The fourth-order valence-corrected chi connectivity index (χ4v) is 2.84. The Balaban J connectivity index is 2.34. The first-order chi connectivity index (χ1) is 9.97. The monoisotopic (exact) mass is 318 g/mol. The van der Waals surface area contributed by atoms with Crippen molar-refractivity contribution < 1.29 is 4.79 Å². The lowest BCUT2D eigenvalue weighted by Crippen LogP contribution is -2.12. The van der Waals surface area contributed by atoms with Crippen LogP contribution in [0.15, 0.2) is 36.4 Å². The van der Waals surface area contributed by atoms with E-state index >= 15 is 0 Å². The molecular formula is C16H12Cl2N2O. The molecule has 3 N–H and O–H groups in total. The highest BCUT2D eigenvalue weighted by molar-refractivity contribution is 6.32. The van der Waals surface area contributed by atoms with E-state index < -0.39 is 5.91 Å². The first-order valence-electron chi connectivity index (χ1n) is 6.35. The zero-order valence-electron chi connectivity index (χ0n) is 11.2. The van der Waals surface area contributed by atoms with Gasteiger partial charge in [-0.1, -0.05) is 35.3 Å². The normalized spacial score (nSPS) is 11.0. The van der Waals surface area contributed by atoms with Gasteiger partial charge in [-0.05, 0) is 42.3 Å². The molecule has 0 aliphatic carbocycles. The maximum Gasteiger partial charge on any atom is 0.265 e. The molecule has 0 saturated carbocycles. The first kappa shape index (κ1) is 14.0. The van der Waals surface area contributed by atoms with Crippen molar-refractivity contribution in [3.63, 3.8) is 0 Å². The van der Waals surface area contributed by atoms with Crippen molar-refractivity contribution >= 4 is 40.0 Å². The van der Waals surface area contributed by atoms with Crippen molar-refractivity contribution in [2.45, 2.75) is 6.92 Å². The Labute approximate surface area is 131 Å². The molecule has 0 bridgehead atoms.